The Morgan fingerprint density at radius 2 is 2.00 bits per heavy atom. The van der Waals surface area contributed by atoms with Crippen molar-refractivity contribution in [3.8, 4) is 0 Å². The topological polar surface area (TPSA) is 61.3 Å². The molecule has 148 valence electrons. The summed E-state index contributed by atoms with van der Waals surface area (Å²) in [5, 5.41) is 14.1. The van der Waals surface area contributed by atoms with E-state index in [9.17, 15) is 5.11 Å². The van der Waals surface area contributed by atoms with Gasteiger partial charge in [-0.05, 0) is 56.3 Å². The Labute approximate surface area is 163 Å². The number of allylic oxidation sites excluding steroid dienone is 1. The van der Waals surface area contributed by atoms with E-state index in [2.05, 4.69) is 41.0 Å². The van der Waals surface area contributed by atoms with Crippen LogP contribution in [-0.2, 0) is 0 Å². The van der Waals surface area contributed by atoms with Crippen LogP contribution in [0.5, 0.6) is 0 Å². The molecule has 4 atom stereocenters. The molecule has 0 aromatic carbocycles. The van der Waals surface area contributed by atoms with Gasteiger partial charge in [0, 0.05) is 32.0 Å². The Morgan fingerprint density at radius 3 is 2.70 bits per heavy atom. The maximum absolute atomic E-state index is 10.7. The highest BCUT2D eigenvalue weighted by Gasteiger charge is 2.42. The monoisotopic (exact) mass is 370 g/mol. The van der Waals surface area contributed by atoms with Crippen molar-refractivity contribution < 1.29 is 5.11 Å². The average Bonchev–Trinajstić information content (AvgIpc) is 3.01. The molecule has 2 heterocycles. The third kappa shape index (κ3) is 4.04. The van der Waals surface area contributed by atoms with Crippen LogP contribution in [0.25, 0.3) is 0 Å². The Morgan fingerprint density at radius 1 is 1.22 bits per heavy atom. The summed E-state index contributed by atoms with van der Waals surface area (Å²) in [7, 11) is 0. The minimum atomic E-state index is -0.305. The molecule has 0 spiro atoms. The van der Waals surface area contributed by atoms with Crippen molar-refractivity contribution in [2.45, 2.75) is 65.0 Å². The highest BCUT2D eigenvalue weighted by Crippen LogP contribution is 2.43. The van der Waals surface area contributed by atoms with Crippen molar-refractivity contribution in [1.29, 1.82) is 0 Å². The summed E-state index contributed by atoms with van der Waals surface area (Å²) in [6, 6.07) is 0.0787. The van der Waals surface area contributed by atoms with E-state index < -0.39 is 0 Å². The Balaban J connectivity index is 1.40. The van der Waals surface area contributed by atoms with Gasteiger partial charge in [-0.2, -0.15) is 0 Å². The number of likely N-dealkylation sites (tertiary alicyclic amines) is 1. The first-order valence-electron chi connectivity index (χ1n) is 10.5. The molecule has 5 nitrogen and oxygen atoms in total. The minimum Gasteiger partial charge on any atom is -0.391 e. The number of hydrogen-bond donors (Lipinski definition) is 2. The number of rotatable bonds is 4. The summed E-state index contributed by atoms with van der Waals surface area (Å²) in [4.78, 5) is 11.1. The van der Waals surface area contributed by atoms with Crippen molar-refractivity contribution >= 4 is 5.82 Å². The van der Waals surface area contributed by atoms with Crippen molar-refractivity contribution in [3.63, 3.8) is 0 Å². The average molecular weight is 371 g/mol. The van der Waals surface area contributed by atoms with E-state index in [0.717, 1.165) is 38.3 Å². The SMILES string of the molecule is CC1=C(CN2C[C@H]3C[C@@H](Nc4cnccn4)[C@H](O)C[C@H]3C2)C(C)(C)CCC1. The van der Waals surface area contributed by atoms with Crippen LogP contribution in [0, 0.1) is 17.3 Å². The normalized spacial score (nSPS) is 33.8. The summed E-state index contributed by atoms with van der Waals surface area (Å²) >= 11 is 0. The molecule has 0 radical (unpaired) electrons. The van der Waals surface area contributed by atoms with E-state index in [4.69, 9.17) is 0 Å². The second kappa shape index (κ2) is 7.51. The van der Waals surface area contributed by atoms with Crippen LogP contribution in [0.2, 0.25) is 0 Å². The number of aliphatic hydroxyl groups excluding tert-OH is 1. The molecule has 0 amide bonds. The van der Waals surface area contributed by atoms with Crippen molar-refractivity contribution in [3.05, 3.63) is 29.7 Å². The summed E-state index contributed by atoms with van der Waals surface area (Å²) < 4.78 is 0. The van der Waals surface area contributed by atoms with E-state index >= 15 is 0 Å². The summed E-state index contributed by atoms with van der Waals surface area (Å²) in [5.74, 6) is 2.04. The van der Waals surface area contributed by atoms with E-state index in [1.807, 2.05) is 0 Å². The predicted molar refractivity (Wildman–Crippen MR) is 108 cm³/mol. The Bertz CT molecular complexity index is 687. The van der Waals surface area contributed by atoms with E-state index in [1.54, 1.807) is 29.7 Å². The number of aliphatic hydroxyl groups is 1. The van der Waals surface area contributed by atoms with Gasteiger partial charge in [-0.15, -0.1) is 0 Å². The molecule has 1 aromatic rings. The zero-order valence-electron chi connectivity index (χ0n) is 17.0. The lowest BCUT2D eigenvalue weighted by molar-refractivity contribution is 0.0735. The van der Waals surface area contributed by atoms with Gasteiger partial charge in [0.25, 0.3) is 0 Å². The van der Waals surface area contributed by atoms with Crippen LogP contribution in [-0.4, -0.2) is 51.8 Å². The first-order valence-corrected chi connectivity index (χ1v) is 10.5. The van der Waals surface area contributed by atoms with Crippen LogP contribution >= 0.6 is 0 Å². The number of fused-ring (bicyclic) bond motifs is 1. The molecule has 1 saturated carbocycles. The Hall–Kier alpha value is -1.46. The molecule has 0 bridgehead atoms. The third-order valence-electron chi connectivity index (χ3n) is 7.18. The van der Waals surface area contributed by atoms with Gasteiger partial charge in [0.15, 0.2) is 0 Å². The maximum Gasteiger partial charge on any atom is 0.144 e. The first kappa shape index (κ1) is 18.9. The highest BCUT2D eigenvalue weighted by molar-refractivity contribution is 5.32. The maximum atomic E-state index is 10.7. The molecule has 3 aliphatic rings. The zero-order valence-corrected chi connectivity index (χ0v) is 17.0. The fraction of sp³-hybridized carbons (Fsp3) is 0.727. The second-order valence-corrected chi connectivity index (χ2v) is 9.59. The fourth-order valence-electron chi connectivity index (χ4n) is 5.62. The third-order valence-corrected chi connectivity index (χ3v) is 7.18. The van der Waals surface area contributed by atoms with Gasteiger partial charge >= 0.3 is 0 Å². The van der Waals surface area contributed by atoms with E-state index in [-0.39, 0.29) is 12.1 Å². The Kier molecular flexibility index (Phi) is 5.26. The van der Waals surface area contributed by atoms with Gasteiger partial charge in [-0.1, -0.05) is 25.0 Å². The molecule has 2 aliphatic carbocycles. The largest absolute Gasteiger partial charge is 0.391 e. The van der Waals surface area contributed by atoms with Gasteiger partial charge in [0.05, 0.1) is 18.3 Å². The summed E-state index contributed by atoms with van der Waals surface area (Å²) in [5.41, 5.74) is 3.62. The van der Waals surface area contributed by atoms with E-state index in [0.29, 0.717) is 17.3 Å². The van der Waals surface area contributed by atoms with E-state index in [1.165, 1.54) is 19.3 Å². The van der Waals surface area contributed by atoms with Gasteiger partial charge < -0.3 is 10.4 Å². The number of aromatic nitrogens is 2. The summed E-state index contributed by atoms with van der Waals surface area (Å²) in [6.45, 7) is 10.6. The van der Waals surface area contributed by atoms with Crippen LogP contribution in [0.15, 0.2) is 29.7 Å². The molecule has 4 rings (SSSR count). The molecule has 1 saturated heterocycles. The van der Waals surface area contributed by atoms with Crippen LogP contribution in [0.1, 0.15) is 52.9 Å². The molecule has 2 fully saturated rings. The van der Waals surface area contributed by atoms with Crippen LogP contribution in [0.4, 0.5) is 5.82 Å². The zero-order chi connectivity index (χ0) is 19.0. The number of nitrogens with zero attached hydrogens (tertiary/aromatic N) is 3. The number of anilines is 1. The van der Waals surface area contributed by atoms with Gasteiger partial charge in [0.2, 0.25) is 0 Å². The fourth-order valence-corrected chi connectivity index (χ4v) is 5.62. The molecule has 5 heteroatoms. The van der Waals surface area contributed by atoms with Gasteiger partial charge in [-0.3, -0.25) is 9.88 Å². The molecule has 1 aliphatic heterocycles. The predicted octanol–water partition coefficient (Wildman–Crippen LogP) is 3.49. The molecular weight excluding hydrogens is 336 g/mol. The van der Waals surface area contributed by atoms with Crippen molar-refractivity contribution in [2.24, 2.45) is 17.3 Å². The molecular formula is C22H34N4O. The second-order valence-electron chi connectivity index (χ2n) is 9.59. The summed E-state index contributed by atoms with van der Waals surface area (Å²) in [6.07, 6.45) is 10.6. The van der Waals surface area contributed by atoms with Gasteiger partial charge in [-0.25, -0.2) is 4.98 Å². The lowest BCUT2D eigenvalue weighted by Gasteiger charge is -2.36. The minimum absolute atomic E-state index is 0.0787. The standard InChI is InChI=1S/C22H34N4O/c1-15-5-4-6-22(2,3)18(15)14-26-12-16-9-19(20(27)10-17(16)13-26)25-21-11-23-7-8-24-21/h7-8,11,16-17,19-20,27H,4-6,9-10,12-14H2,1-3H3,(H,24,25)/t16-,17+,19-,20-/m1/s1. The lowest BCUT2D eigenvalue weighted by atomic mass is 9.72. The molecule has 27 heavy (non-hydrogen) atoms. The van der Waals surface area contributed by atoms with Gasteiger partial charge in [0.1, 0.15) is 5.82 Å². The highest BCUT2D eigenvalue weighted by atomic mass is 16.3. The van der Waals surface area contributed by atoms with Crippen molar-refractivity contribution in [2.75, 3.05) is 25.0 Å². The van der Waals surface area contributed by atoms with Crippen LogP contribution in [0.3, 0.4) is 0 Å². The quantitative estimate of drug-likeness (QED) is 0.795. The first-order chi connectivity index (χ1) is 12.9. The smallest absolute Gasteiger partial charge is 0.144 e. The number of nitrogens with one attached hydrogen (secondary N) is 1. The lowest BCUT2D eigenvalue weighted by Crippen LogP contribution is -2.43. The van der Waals surface area contributed by atoms with Crippen LogP contribution < -0.4 is 5.32 Å². The molecule has 2 N–H and O–H groups in total. The number of hydrogen-bond acceptors (Lipinski definition) is 5. The van der Waals surface area contributed by atoms with Crippen molar-refractivity contribution in [1.82, 2.24) is 14.9 Å². The molecule has 0 unspecified atom stereocenters. The molecule has 1 aromatic heterocycles.